The maximum atomic E-state index is 12.7. The van der Waals surface area contributed by atoms with E-state index >= 15 is 0 Å². The summed E-state index contributed by atoms with van der Waals surface area (Å²) < 4.78 is 0. The average molecular weight is 327 g/mol. The Morgan fingerprint density at radius 1 is 1.29 bits per heavy atom. The molecule has 2 aromatic rings. The van der Waals surface area contributed by atoms with Gasteiger partial charge in [-0.1, -0.05) is 32.9 Å². The summed E-state index contributed by atoms with van der Waals surface area (Å²) in [5.41, 5.74) is 3.14. The van der Waals surface area contributed by atoms with Crippen molar-refractivity contribution in [1.29, 1.82) is 0 Å². The van der Waals surface area contributed by atoms with Crippen molar-refractivity contribution in [1.82, 2.24) is 15.1 Å². The Labute approximate surface area is 140 Å². The summed E-state index contributed by atoms with van der Waals surface area (Å²) in [6, 6.07) is 7.04. The molecule has 0 radical (unpaired) electrons. The number of nitrogens with zero attached hydrogens (tertiary/aromatic N) is 2. The second-order valence-corrected chi connectivity index (χ2v) is 7.14. The van der Waals surface area contributed by atoms with E-state index in [9.17, 15) is 14.7 Å². The molecule has 1 aliphatic heterocycles. The molecule has 24 heavy (non-hydrogen) atoms. The van der Waals surface area contributed by atoms with Gasteiger partial charge in [0.15, 0.2) is 0 Å². The number of aromatic amines is 1. The van der Waals surface area contributed by atoms with Crippen molar-refractivity contribution in [3.63, 3.8) is 0 Å². The molecule has 2 N–H and O–H groups in total. The van der Waals surface area contributed by atoms with Crippen molar-refractivity contribution in [3.8, 4) is 0 Å². The highest BCUT2D eigenvalue weighted by Crippen LogP contribution is 2.25. The smallest absolute Gasteiger partial charge is 0.336 e. The monoisotopic (exact) mass is 327 g/mol. The van der Waals surface area contributed by atoms with Crippen LogP contribution in [-0.4, -0.2) is 38.6 Å². The average Bonchev–Trinajstić information content (AvgIpc) is 3.03. The summed E-state index contributed by atoms with van der Waals surface area (Å²) in [7, 11) is 0. The van der Waals surface area contributed by atoms with E-state index in [4.69, 9.17) is 0 Å². The highest BCUT2D eigenvalue weighted by Gasteiger charge is 2.27. The molecule has 1 aromatic carbocycles. The summed E-state index contributed by atoms with van der Waals surface area (Å²) in [6.45, 7) is 7.00. The minimum absolute atomic E-state index is 0.115. The van der Waals surface area contributed by atoms with Gasteiger partial charge in [-0.2, -0.15) is 5.10 Å². The van der Waals surface area contributed by atoms with Gasteiger partial charge < -0.3 is 10.0 Å². The fraction of sp³-hybridized carbons (Fsp3) is 0.389. The molecule has 1 aromatic heterocycles. The summed E-state index contributed by atoms with van der Waals surface area (Å²) in [5, 5.41) is 16.4. The van der Waals surface area contributed by atoms with E-state index in [1.165, 1.54) is 0 Å². The van der Waals surface area contributed by atoms with Crippen molar-refractivity contribution in [2.75, 3.05) is 6.54 Å². The maximum Gasteiger partial charge on any atom is 0.336 e. The third-order valence-electron chi connectivity index (χ3n) is 4.40. The number of H-pyrrole nitrogens is 1. The Morgan fingerprint density at radius 2 is 2.04 bits per heavy atom. The largest absolute Gasteiger partial charge is 0.478 e. The zero-order valence-electron chi connectivity index (χ0n) is 14.1. The number of nitrogens with one attached hydrogen (secondary N) is 1. The Hall–Kier alpha value is -2.63. The Kier molecular flexibility index (Phi) is 3.91. The van der Waals surface area contributed by atoms with Gasteiger partial charge in [-0.25, -0.2) is 4.79 Å². The lowest BCUT2D eigenvalue weighted by Crippen LogP contribution is -2.37. The van der Waals surface area contributed by atoms with Gasteiger partial charge in [-0.3, -0.25) is 9.89 Å². The van der Waals surface area contributed by atoms with Crippen LogP contribution in [0.2, 0.25) is 0 Å². The van der Waals surface area contributed by atoms with Gasteiger partial charge in [-0.15, -0.1) is 0 Å². The number of hydrogen-bond donors (Lipinski definition) is 2. The molecular weight excluding hydrogens is 306 g/mol. The fourth-order valence-electron chi connectivity index (χ4n) is 2.93. The lowest BCUT2D eigenvalue weighted by Gasteiger charge is -2.29. The molecule has 3 rings (SSSR count). The highest BCUT2D eigenvalue weighted by molar-refractivity contribution is 5.93. The van der Waals surface area contributed by atoms with Gasteiger partial charge in [0, 0.05) is 24.2 Å². The van der Waals surface area contributed by atoms with E-state index in [1.807, 2.05) is 26.8 Å². The van der Waals surface area contributed by atoms with Crippen molar-refractivity contribution >= 4 is 11.9 Å². The van der Waals surface area contributed by atoms with Crippen LogP contribution in [0.15, 0.2) is 24.3 Å². The zero-order chi connectivity index (χ0) is 17.5. The number of aromatic nitrogens is 2. The first kappa shape index (κ1) is 16.2. The third-order valence-corrected chi connectivity index (χ3v) is 4.40. The number of carbonyl (C=O) groups is 2. The summed E-state index contributed by atoms with van der Waals surface area (Å²) >= 11 is 0. The number of aromatic carboxylic acids is 1. The predicted octanol–water partition coefficient (Wildman–Crippen LogP) is 2.60. The van der Waals surface area contributed by atoms with E-state index in [1.54, 1.807) is 23.1 Å². The van der Waals surface area contributed by atoms with Crippen molar-refractivity contribution < 1.29 is 14.7 Å². The van der Waals surface area contributed by atoms with E-state index in [-0.39, 0.29) is 16.9 Å². The first-order chi connectivity index (χ1) is 11.3. The van der Waals surface area contributed by atoms with Gasteiger partial charge in [0.1, 0.15) is 5.69 Å². The van der Waals surface area contributed by atoms with Crippen LogP contribution in [0.5, 0.6) is 0 Å². The molecule has 6 heteroatoms. The van der Waals surface area contributed by atoms with Gasteiger partial charge in [-0.05, 0) is 29.7 Å². The molecule has 0 saturated carbocycles. The summed E-state index contributed by atoms with van der Waals surface area (Å²) in [6.07, 6.45) is 0.652. The topological polar surface area (TPSA) is 86.3 Å². The number of hydrogen-bond acceptors (Lipinski definition) is 3. The van der Waals surface area contributed by atoms with Gasteiger partial charge in [0.2, 0.25) is 0 Å². The molecular formula is C18H21N3O3. The first-order valence-electron chi connectivity index (χ1n) is 7.96. The van der Waals surface area contributed by atoms with Crippen LogP contribution >= 0.6 is 0 Å². The van der Waals surface area contributed by atoms with Crippen molar-refractivity contribution in [3.05, 3.63) is 52.3 Å². The first-order valence-corrected chi connectivity index (χ1v) is 7.96. The van der Waals surface area contributed by atoms with Crippen molar-refractivity contribution in [2.45, 2.75) is 39.2 Å². The number of amides is 1. The Balaban J connectivity index is 1.86. The van der Waals surface area contributed by atoms with Crippen LogP contribution in [-0.2, 0) is 18.4 Å². The molecule has 2 heterocycles. The van der Waals surface area contributed by atoms with Crippen LogP contribution in [0, 0.1) is 0 Å². The SMILES string of the molecule is CC(C)(C)c1cc(C(=O)N2CCc3cccc(C(=O)O)c3C2)n[nH]1. The molecule has 0 unspecified atom stereocenters. The fourth-order valence-corrected chi connectivity index (χ4v) is 2.93. The van der Waals surface area contributed by atoms with E-state index < -0.39 is 5.97 Å². The van der Waals surface area contributed by atoms with Crippen molar-refractivity contribution in [2.24, 2.45) is 0 Å². The van der Waals surface area contributed by atoms with Crippen LogP contribution in [0.1, 0.15) is 58.4 Å². The molecule has 0 aliphatic carbocycles. The molecule has 1 aliphatic rings. The highest BCUT2D eigenvalue weighted by atomic mass is 16.4. The summed E-state index contributed by atoms with van der Waals surface area (Å²) in [5.74, 6) is -1.14. The van der Waals surface area contributed by atoms with Crippen LogP contribution in [0.4, 0.5) is 0 Å². The van der Waals surface area contributed by atoms with Crippen LogP contribution < -0.4 is 0 Å². The molecule has 6 nitrogen and oxygen atoms in total. The number of fused-ring (bicyclic) bond motifs is 1. The third kappa shape index (κ3) is 2.91. The Bertz CT molecular complexity index is 802. The molecule has 126 valence electrons. The second-order valence-electron chi connectivity index (χ2n) is 7.14. The minimum Gasteiger partial charge on any atom is -0.478 e. The molecule has 1 amide bonds. The number of carbonyl (C=O) groups excluding carboxylic acids is 1. The number of benzene rings is 1. The number of rotatable bonds is 2. The molecule has 0 saturated heterocycles. The van der Waals surface area contributed by atoms with Crippen LogP contribution in [0.25, 0.3) is 0 Å². The standard InChI is InChI=1S/C18H21N3O3/c1-18(2,3)15-9-14(19-20-15)16(22)21-8-7-11-5-4-6-12(17(23)24)13(11)10-21/h4-6,9H,7-8,10H2,1-3H3,(H,19,20)(H,23,24). The minimum atomic E-state index is -0.962. The maximum absolute atomic E-state index is 12.7. The molecule has 0 atom stereocenters. The number of carboxylic acid groups (broad SMARTS) is 1. The Morgan fingerprint density at radius 3 is 2.67 bits per heavy atom. The lowest BCUT2D eigenvalue weighted by atomic mass is 9.92. The quantitative estimate of drug-likeness (QED) is 0.888. The van der Waals surface area contributed by atoms with Crippen LogP contribution in [0.3, 0.4) is 0 Å². The summed E-state index contributed by atoms with van der Waals surface area (Å²) in [4.78, 5) is 25.8. The number of carboxylic acids is 1. The van der Waals surface area contributed by atoms with Gasteiger partial charge in [0.05, 0.1) is 5.56 Å². The van der Waals surface area contributed by atoms with E-state index in [0.717, 1.165) is 16.8 Å². The van der Waals surface area contributed by atoms with E-state index in [2.05, 4.69) is 10.2 Å². The van der Waals surface area contributed by atoms with E-state index in [0.29, 0.717) is 25.2 Å². The normalized spacial score (nSPS) is 14.4. The zero-order valence-corrected chi connectivity index (χ0v) is 14.1. The lowest BCUT2D eigenvalue weighted by molar-refractivity contribution is 0.0676. The predicted molar refractivity (Wildman–Crippen MR) is 89.1 cm³/mol. The van der Waals surface area contributed by atoms with Gasteiger partial charge >= 0.3 is 5.97 Å². The molecule has 0 spiro atoms. The molecule has 0 fully saturated rings. The molecule has 0 bridgehead atoms. The van der Waals surface area contributed by atoms with Gasteiger partial charge in [0.25, 0.3) is 5.91 Å². The second kappa shape index (κ2) is 5.78.